The molecule has 0 saturated carbocycles. The van der Waals surface area contributed by atoms with Crippen LogP contribution in [0.4, 0.5) is 16.2 Å². The molecule has 0 saturated heterocycles. The van der Waals surface area contributed by atoms with E-state index in [1.807, 2.05) is 0 Å². The summed E-state index contributed by atoms with van der Waals surface area (Å²) in [4.78, 5) is 34.0. The number of hydrogen-bond acceptors (Lipinski definition) is 4. The second kappa shape index (κ2) is 7.02. The van der Waals surface area contributed by atoms with E-state index in [9.17, 15) is 19.7 Å². The molecule has 0 radical (unpaired) electrons. The average molecular weight is 360 g/mol. The second-order valence-corrected chi connectivity index (χ2v) is 5.07. The Bertz CT molecular complexity index is 591. The van der Waals surface area contributed by atoms with Gasteiger partial charge in [-0.15, -0.1) is 0 Å². The number of anilines is 1. The number of halogens is 1. The van der Waals surface area contributed by atoms with Gasteiger partial charge in [0, 0.05) is 22.6 Å². The van der Waals surface area contributed by atoms with E-state index in [-0.39, 0.29) is 17.9 Å². The van der Waals surface area contributed by atoms with Crippen molar-refractivity contribution in [3.63, 3.8) is 0 Å². The van der Waals surface area contributed by atoms with Gasteiger partial charge in [-0.25, -0.2) is 4.79 Å². The fourth-order valence-corrected chi connectivity index (χ4v) is 2.20. The van der Waals surface area contributed by atoms with Crippen molar-refractivity contribution < 1.29 is 19.6 Å². The lowest BCUT2D eigenvalue weighted by molar-refractivity contribution is -0.385. The van der Waals surface area contributed by atoms with E-state index in [2.05, 4.69) is 21.2 Å². The van der Waals surface area contributed by atoms with Crippen molar-refractivity contribution in [3.8, 4) is 0 Å². The van der Waals surface area contributed by atoms with Gasteiger partial charge in [0.15, 0.2) is 0 Å². The van der Waals surface area contributed by atoms with Crippen LogP contribution in [0.2, 0.25) is 0 Å². The predicted octanol–water partition coefficient (Wildman–Crippen LogP) is 2.60. The van der Waals surface area contributed by atoms with E-state index >= 15 is 0 Å². The zero-order chi connectivity index (χ0) is 16.2. The van der Waals surface area contributed by atoms with Crippen LogP contribution in [-0.2, 0) is 4.79 Å². The topological polar surface area (TPSA) is 113 Å². The maximum Gasteiger partial charge on any atom is 0.323 e. The normalized spacial score (nSPS) is 10.0. The molecule has 0 aliphatic carbocycles. The van der Waals surface area contributed by atoms with E-state index < -0.39 is 23.5 Å². The maximum absolute atomic E-state index is 12.0. The summed E-state index contributed by atoms with van der Waals surface area (Å²) in [6, 6.07) is 2.10. The molecule has 0 atom stereocenters. The third-order valence-corrected chi connectivity index (χ3v) is 3.38. The molecule has 2 N–H and O–H groups in total. The van der Waals surface area contributed by atoms with E-state index in [1.54, 1.807) is 13.8 Å². The van der Waals surface area contributed by atoms with Crippen LogP contribution in [0.5, 0.6) is 0 Å². The smallest absolute Gasteiger partial charge is 0.323 e. The lowest BCUT2D eigenvalue weighted by Crippen LogP contribution is -2.38. The molecule has 9 heteroatoms. The SMILES string of the molecule is CCN(CC(=O)O)C(=O)Nc1cc([N+](=O)[O-])c(C)cc1Br. The molecule has 8 nitrogen and oxygen atoms in total. The summed E-state index contributed by atoms with van der Waals surface area (Å²) in [6.07, 6.45) is 0. The van der Waals surface area contributed by atoms with Gasteiger partial charge in [0.25, 0.3) is 5.69 Å². The molecule has 0 heterocycles. The number of carboxylic acid groups (broad SMARTS) is 1. The number of urea groups is 1. The molecule has 2 amide bonds. The first kappa shape index (κ1) is 16.9. The van der Waals surface area contributed by atoms with Crippen LogP contribution >= 0.6 is 15.9 Å². The Morgan fingerprint density at radius 3 is 2.57 bits per heavy atom. The monoisotopic (exact) mass is 359 g/mol. The third kappa shape index (κ3) is 4.42. The first-order valence-corrected chi connectivity index (χ1v) is 6.77. The number of benzene rings is 1. The standard InChI is InChI=1S/C12H14BrN3O5/c1-3-15(6-11(17)18)12(19)14-9-5-10(16(20)21)7(2)4-8(9)13/h4-5H,3,6H2,1-2H3,(H,14,19)(H,17,18). The largest absolute Gasteiger partial charge is 0.480 e. The van der Waals surface area contributed by atoms with Gasteiger partial charge in [0.05, 0.1) is 10.6 Å². The zero-order valence-corrected chi connectivity index (χ0v) is 13.0. The van der Waals surface area contributed by atoms with E-state index in [0.717, 1.165) is 4.90 Å². The number of carbonyl (C=O) groups is 2. The summed E-state index contributed by atoms with van der Waals surface area (Å²) in [5.41, 5.74) is 0.527. The number of nitro groups is 1. The second-order valence-electron chi connectivity index (χ2n) is 4.21. The Morgan fingerprint density at radius 2 is 2.10 bits per heavy atom. The highest BCUT2D eigenvalue weighted by Gasteiger charge is 2.19. The molecule has 1 aromatic rings. The van der Waals surface area contributed by atoms with Gasteiger partial charge >= 0.3 is 12.0 Å². The molecule has 114 valence electrons. The summed E-state index contributed by atoms with van der Waals surface area (Å²) in [5, 5.41) is 22.1. The number of likely N-dealkylation sites (N-methyl/N-ethyl adjacent to an activating group) is 1. The minimum absolute atomic E-state index is 0.130. The summed E-state index contributed by atoms with van der Waals surface area (Å²) in [6.45, 7) is 2.96. The molecule has 0 aliphatic heterocycles. The molecule has 0 bridgehead atoms. The highest BCUT2D eigenvalue weighted by Crippen LogP contribution is 2.30. The number of nitrogens with one attached hydrogen (secondary N) is 1. The minimum atomic E-state index is -1.14. The van der Waals surface area contributed by atoms with Gasteiger partial charge in [0.2, 0.25) is 0 Å². The van der Waals surface area contributed by atoms with Gasteiger partial charge in [-0.3, -0.25) is 14.9 Å². The molecule has 21 heavy (non-hydrogen) atoms. The van der Waals surface area contributed by atoms with Crippen LogP contribution < -0.4 is 5.32 Å². The molecule has 0 spiro atoms. The van der Waals surface area contributed by atoms with Crippen molar-refractivity contribution in [1.82, 2.24) is 4.90 Å². The number of amides is 2. The Kier molecular flexibility index (Phi) is 5.65. The predicted molar refractivity (Wildman–Crippen MR) is 79.4 cm³/mol. The molecule has 0 aliphatic rings. The lowest BCUT2D eigenvalue weighted by atomic mass is 10.2. The average Bonchev–Trinajstić information content (AvgIpc) is 2.38. The van der Waals surface area contributed by atoms with E-state index in [0.29, 0.717) is 10.0 Å². The lowest BCUT2D eigenvalue weighted by Gasteiger charge is -2.19. The van der Waals surface area contributed by atoms with Crippen LogP contribution in [0.15, 0.2) is 16.6 Å². The number of hydrogen-bond donors (Lipinski definition) is 2. The maximum atomic E-state index is 12.0. The number of carboxylic acids is 1. The van der Waals surface area contributed by atoms with Gasteiger partial charge in [-0.05, 0) is 35.8 Å². The van der Waals surface area contributed by atoms with E-state index in [4.69, 9.17) is 5.11 Å². The van der Waals surface area contributed by atoms with Crippen molar-refractivity contribution >= 4 is 39.3 Å². The van der Waals surface area contributed by atoms with Crippen LogP contribution in [0.25, 0.3) is 0 Å². The molecule has 0 unspecified atom stereocenters. The highest BCUT2D eigenvalue weighted by molar-refractivity contribution is 9.10. The first-order chi connectivity index (χ1) is 9.76. The van der Waals surface area contributed by atoms with Crippen molar-refractivity contribution in [2.24, 2.45) is 0 Å². The third-order valence-electron chi connectivity index (χ3n) is 2.72. The van der Waals surface area contributed by atoms with Gasteiger partial charge < -0.3 is 15.3 Å². The van der Waals surface area contributed by atoms with E-state index in [1.165, 1.54) is 12.1 Å². The van der Waals surface area contributed by atoms with Crippen molar-refractivity contribution in [2.45, 2.75) is 13.8 Å². The Labute approximate surface area is 129 Å². The Balaban J connectivity index is 3.01. The molecular weight excluding hydrogens is 346 g/mol. The van der Waals surface area contributed by atoms with Gasteiger partial charge in [-0.1, -0.05) is 0 Å². The van der Waals surface area contributed by atoms with Gasteiger partial charge in [0.1, 0.15) is 6.54 Å². The Hall–Kier alpha value is -2.16. The molecule has 0 aromatic heterocycles. The van der Waals surface area contributed by atoms with Crippen LogP contribution in [0.1, 0.15) is 12.5 Å². The fourth-order valence-electron chi connectivity index (χ4n) is 1.64. The molecule has 1 rings (SSSR count). The number of aryl methyl sites for hydroxylation is 1. The number of rotatable bonds is 5. The summed E-state index contributed by atoms with van der Waals surface area (Å²) >= 11 is 3.21. The van der Waals surface area contributed by atoms with Crippen molar-refractivity contribution in [3.05, 3.63) is 32.3 Å². The molecule has 1 aromatic carbocycles. The fraction of sp³-hybridized carbons (Fsp3) is 0.333. The summed E-state index contributed by atoms with van der Waals surface area (Å²) in [5.74, 6) is -1.14. The number of aliphatic carboxylic acids is 1. The van der Waals surface area contributed by atoms with Crippen LogP contribution in [0, 0.1) is 17.0 Å². The minimum Gasteiger partial charge on any atom is -0.480 e. The Morgan fingerprint density at radius 1 is 1.48 bits per heavy atom. The van der Waals surface area contributed by atoms with Crippen molar-refractivity contribution in [1.29, 1.82) is 0 Å². The highest BCUT2D eigenvalue weighted by atomic mass is 79.9. The quantitative estimate of drug-likeness (QED) is 0.619. The molecular formula is C12H14BrN3O5. The number of carbonyl (C=O) groups excluding carboxylic acids is 1. The van der Waals surface area contributed by atoms with Crippen LogP contribution in [-0.4, -0.2) is 40.0 Å². The van der Waals surface area contributed by atoms with Crippen molar-refractivity contribution in [2.75, 3.05) is 18.4 Å². The number of nitro benzene ring substituents is 1. The first-order valence-electron chi connectivity index (χ1n) is 5.98. The summed E-state index contributed by atoms with van der Waals surface area (Å²) < 4.78 is 0.477. The van der Waals surface area contributed by atoms with Crippen LogP contribution in [0.3, 0.4) is 0 Å². The van der Waals surface area contributed by atoms with Gasteiger partial charge in [-0.2, -0.15) is 0 Å². The number of nitrogens with zero attached hydrogens (tertiary/aromatic N) is 2. The summed E-state index contributed by atoms with van der Waals surface area (Å²) in [7, 11) is 0. The zero-order valence-electron chi connectivity index (χ0n) is 11.4. The molecule has 0 fully saturated rings.